The summed E-state index contributed by atoms with van der Waals surface area (Å²) in [5.74, 6) is 0.744. The Morgan fingerprint density at radius 1 is 1.35 bits per heavy atom. The van der Waals surface area contributed by atoms with Crippen LogP contribution in [0.15, 0.2) is 24.4 Å². The smallest absolute Gasteiger partial charge is 0.325 e. The second-order valence-corrected chi connectivity index (χ2v) is 6.28. The first kappa shape index (κ1) is 15.7. The number of anilines is 1. The third kappa shape index (κ3) is 2.88. The lowest BCUT2D eigenvalue weighted by atomic mass is 10.00. The second kappa shape index (κ2) is 6.16. The molecule has 0 aliphatic carbocycles. The Morgan fingerprint density at radius 2 is 2.09 bits per heavy atom. The highest BCUT2D eigenvalue weighted by atomic mass is 16.5. The molecule has 3 rings (SSSR count). The molecule has 1 unspecified atom stereocenters. The van der Waals surface area contributed by atoms with Crippen LogP contribution in [0.3, 0.4) is 0 Å². The molecule has 2 fully saturated rings. The van der Waals surface area contributed by atoms with E-state index in [0.29, 0.717) is 0 Å². The third-order valence-electron chi connectivity index (χ3n) is 4.53. The summed E-state index contributed by atoms with van der Waals surface area (Å²) in [6, 6.07) is 5.44. The minimum absolute atomic E-state index is 0.0684. The number of amides is 3. The molecule has 2 aliphatic rings. The van der Waals surface area contributed by atoms with E-state index in [0.717, 1.165) is 31.7 Å². The van der Waals surface area contributed by atoms with Crippen molar-refractivity contribution in [3.63, 3.8) is 0 Å². The van der Waals surface area contributed by atoms with E-state index in [4.69, 9.17) is 4.74 Å². The van der Waals surface area contributed by atoms with Crippen molar-refractivity contribution in [1.82, 2.24) is 15.2 Å². The van der Waals surface area contributed by atoms with Crippen LogP contribution in [0.1, 0.15) is 19.8 Å². The minimum atomic E-state index is -0.954. The van der Waals surface area contributed by atoms with Crippen LogP contribution in [0.25, 0.3) is 0 Å². The fourth-order valence-corrected chi connectivity index (χ4v) is 3.32. The normalized spacial score (nSPS) is 25.8. The molecule has 7 heteroatoms. The molecule has 2 aliphatic heterocycles. The van der Waals surface area contributed by atoms with Crippen LogP contribution >= 0.6 is 0 Å². The SMILES string of the molecule is COCC1(C)NC(=O)N(C2CCN(c3ccccn3)CC2)C1=O. The van der Waals surface area contributed by atoms with E-state index in [9.17, 15) is 9.59 Å². The van der Waals surface area contributed by atoms with Crippen LogP contribution < -0.4 is 10.2 Å². The van der Waals surface area contributed by atoms with Crippen LogP contribution in [-0.4, -0.2) is 60.2 Å². The first-order valence-electron chi connectivity index (χ1n) is 7.86. The number of pyridine rings is 1. The zero-order valence-corrected chi connectivity index (χ0v) is 13.5. The van der Waals surface area contributed by atoms with E-state index >= 15 is 0 Å². The van der Waals surface area contributed by atoms with Crippen molar-refractivity contribution < 1.29 is 14.3 Å². The average Bonchev–Trinajstić information content (AvgIpc) is 2.78. The van der Waals surface area contributed by atoms with Gasteiger partial charge in [0, 0.05) is 32.4 Å². The summed E-state index contributed by atoms with van der Waals surface area (Å²) in [5, 5.41) is 2.76. The van der Waals surface area contributed by atoms with E-state index in [2.05, 4.69) is 15.2 Å². The summed E-state index contributed by atoms with van der Waals surface area (Å²) in [4.78, 5) is 32.8. The maximum atomic E-state index is 12.6. The van der Waals surface area contributed by atoms with Crippen LogP contribution in [0.5, 0.6) is 0 Å². The molecule has 23 heavy (non-hydrogen) atoms. The number of methoxy groups -OCH3 is 1. The van der Waals surface area contributed by atoms with Gasteiger partial charge in [-0.2, -0.15) is 0 Å². The van der Waals surface area contributed by atoms with Crippen molar-refractivity contribution in [2.24, 2.45) is 0 Å². The van der Waals surface area contributed by atoms with Crippen molar-refractivity contribution in [2.45, 2.75) is 31.3 Å². The Morgan fingerprint density at radius 3 is 2.70 bits per heavy atom. The van der Waals surface area contributed by atoms with Crippen LogP contribution in [0.4, 0.5) is 10.6 Å². The van der Waals surface area contributed by atoms with E-state index in [1.165, 1.54) is 12.0 Å². The molecule has 1 atom stereocenters. The number of carbonyl (C=O) groups is 2. The number of nitrogens with zero attached hydrogens (tertiary/aromatic N) is 3. The van der Waals surface area contributed by atoms with Gasteiger partial charge < -0.3 is 15.0 Å². The van der Waals surface area contributed by atoms with Crippen molar-refractivity contribution in [2.75, 3.05) is 31.7 Å². The maximum absolute atomic E-state index is 12.6. The zero-order chi connectivity index (χ0) is 16.4. The molecule has 2 saturated heterocycles. The number of piperidine rings is 1. The Hall–Kier alpha value is -2.15. The minimum Gasteiger partial charge on any atom is -0.382 e. The monoisotopic (exact) mass is 318 g/mol. The predicted octanol–water partition coefficient (Wildman–Crippen LogP) is 1.01. The van der Waals surface area contributed by atoms with Gasteiger partial charge in [-0.3, -0.25) is 9.69 Å². The molecule has 3 amide bonds. The van der Waals surface area contributed by atoms with E-state index in [1.807, 2.05) is 18.2 Å². The van der Waals surface area contributed by atoms with Crippen LogP contribution in [-0.2, 0) is 9.53 Å². The highest BCUT2D eigenvalue weighted by molar-refractivity contribution is 6.07. The van der Waals surface area contributed by atoms with Gasteiger partial charge in [0.2, 0.25) is 0 Å². The van der Waals surface area contributed by atoms with E-state index < -0.39 is 5.54 Å². The average molecular weight is 318 g/mol. The molecule has 1 aromatic rings. The molecule has 0 aromatic carbocycles. The summed E-state index contributed by atoms with van der Waals surface area (Å²) in [7, 11) is 1.53. The number of nitrogens with one attached hydrogen (secondary N) is 1. The summed E-state index contributed by atoms with van der Waals surface area (Å²) in [6.45, 7) is 3.44. The summed E-state index contributed by atoms with van der Waals surface area (Å²) in [5.41, 5.74) is -0.954. The van der Waals surface area contributed by atoms with Gasteiger partial charge in [0.05, 0.1) is 6.61 Å². The number of hydrogen-bond donors (Lipinski definition) is 1. The van der Waals surface area contributed by atoms with Crippen molar-refractivity contribution in [3.8, 4) is 0 Å². The lowest BCUT2D eigenvalue weighted by Gasteiger charge is -2.36. The number of rotatable bonds is 4. The van der Waals surface area contributed by atoms with Crippen LogP contribution in [0, 0.1) is 0 Å². The molecule has 0 spiro atoms. The number of ether oxygens (including phenoxy) is 1. The van der Waals surface area contributed by atoms with Crippen LogP contribution in [0.2, 0.25) is 0 Å². The predicted molar refractivity (Wildman–Crippen MR) is 85.1 cm³/mol. The number of imide groups is 1. The van der Waals surface area contributed by atoms with Gasteiger partial charge in [-0.15, -0.1) is 0 Å². The number of carbonyl (C=O) groups excluding carboxylic acids is 2. The van der Waals surface area contributed by atoms with Gasteiger partial charge in [-0.05, 0) is 31.9 Å². The van der Waals surface area contributed by atoms with Crippen molar-refractivity contribution in [3.05, 3.63) is 24.4 Å². The fraction of sp³-hybridized carbons (Fsp3) is 0.562. The maximum Gasteiger partial charge on any atom is 0.325 e. The Balaban J connectivity index is 1.66. The topological polar surface area (TPSA) is 74.8 Å². The first-order valence-corrected chi connectivity index (χ1v) is 7.86. The number of aromatic nitrogens is 1. The number of hydrogen-bond acceptors (Lipinski definition) is 5. The van der Waals surface area contributed by atoms with E-state index in [-0.39, 0.29) is 24.6 Å². The molecule has 0 radical (unpaired) electrons. The molecule has 1 aromatic heterocycles. The molecule has 0 bridgehead atoms. The summed E-state index contributed by atoms with van der Waals surface area (Å²) in [6.07, 6.45) is 3.27. The Labute approximate surface area is 135 Å². The van der Waals surface area contributed by atoms with Gasteiger partial charge in [-0.1, -0.05) is 6.07 Å². The van der Waals surface area contributed by atoms with Gasteiger partial charge >= 0.3 is 6.03 Å². The highest BCUT2D eigenvalue weighted by Crippen LogP contribution is 2.26. The highest BCUT2D eigenvalue weighted by Gasteiger charge is 2.50. The molecule has 7 nitrogen and oxygen atoms in total. The second-order valence-electron chi connectivity index (χ2n) is 6.28. The molecule has 0 saturated carbocycles. The molecule has 3 heterocycles. The van der Waals surface area contributed by atoms with Gasteiger partial charge in [0.15, 0.2) is 0 Å². The third-order valence-corrected chi connectivity index (χ3v) is 4.53. The summed E-state index contributed by atoms with van der Waals surface area (Å²) < 4.78 is 5.08. The Kier molecular flexibility index (Phi) is 4.21. The van der Waals surface area contributed by atoms with Gasteiger partial charge in [0.25, 0.3) is 5.91 Å². The molecule has 1 N–H and O–H groups in total. The summed E-state index contributed by atoms with van der Waals surface area (Å²) >= 11 is 0. The quantitative estimate of drug-likeness (QED) is 0.839. The fourth-order valence-electron chi connectivity index (χ4n) is 3.32. The van der Waals surface area contributed by atoms with Gasteiger partial charge in [-0.25, -0.2) is 9.78 Å². The molecular weight excluding hydrogens is 296 g/mol. The number of urea groups is 1. The lowest BCUT2D eigenvalue weighted by Crippen LogP contribution is -2.50. The first-order chi connectivity index (χ1) is 11.0. The molecular formula is C16H22N4O3. The van der Waals surface area contributed by atoms with Crippen molar-refractivity contribution in [1.29, 1.82) is 0 Å². The van der Waals surface area contributed by atoms with Gasteiger partial charge in [0.1, 0.15) is 11.4 Å². The van der Waals surface area contributed by atoms with Crippen molar-refractivity contribution >= 4 is 17.8 Å². The lowest BCUT2D eigenvalue weighted by molar-refractivity contribution is -0.134. The standard InChI is InChI=1S/C16H22N4O3/c1-16(11-23-2)14(21)20(15(22)18-16)12-6-9-19(10-7-12)13-5-3-4-8-17-13/h3-5,8,12H,6-7,9-11H2,1-2H3,(H,18,22). The largest absolute Gasteiger partial charge is 0.382 e. The Bertz CT molecular complexity index is 586. The zero-order valence-electron chi connectivity index (χ0n) is 13.5. The molecule has 124 valence electrons. The van der Waals surface area contributed by atoms with E-state index in [1.54, 1.807) is 13.1 Å².